The quantitative estimate of drug-likeness (QED) is 0.894. The lowest BCUT2D eigenvalue weighted by Crippen LogP contribution is -2.37. The number of carbonyl (C=O) groups is 2. The van der Waals surface area contributed by atoms with E-state index in [1.165, 1.54) is 6.92 Å². The van der Waals surface area contributed by atoms with E-state index < -0.39 is 0 Å². The van der Waals surface area contributed by atoms with Crippen LogP contribution >= 0.6 is 0 Å². The Morgan fingerprint density at radius 3 is 3.04 bits per heavy atom. The third-order valence-electron chi connectivity index (χ3n) is 4.08. The van der Waals surface area contributed by atoms with Gasteiger partial charge in [-0.3, -0.25) is 9.59 Å². The molecule has 1 fully saturated rings. The molecule has 2 amide bonds. The summed E-state index contributed by atoms with van der Waals surface area (Å²) in [4.78, 5) is 29.9. The van der Waals surface area contributed by atoms with Crippen molar-refractivity contribution in [3.05, 3.63) is 29.7 Å². The average Bonchev–Trinajstić information content (AvgIpc) is 3.17. The molecule has 128 valence electrons. The summed E-state index contributed by atoms with van der Waals surface area (Å²) < 4.78 is 10.7. The number of oxazole rings is 1. The minimum absolute atomic E-state index is 0.0288. The van der Waals surface area contributed by atoms with Crippen LogP contribution in [0, 0.1) is 0 Å². The molecule has 1 aromatic carbocycles. The van der Waals surface area contributed by atoms with Gasteiger partial charge >= 0.3 is 0 Å². The molecule has 3 rings (SSSR count). The van der Waals surface area contributed by atoms with Crippen LogP contribution in [0.3, 0.4) is 0 Å². The Hall–Kier alpha value is -2.41. The average molecular weight is 331 g/mol. The monoisotopic (exact) mass is 331 g/mol. The van der Waals surface area contributed by atoms with E-state index in [1.54, 1.807) is 30.2 Å². The maximum atomic E-state index is 12.6. The van der Waals surface area contributed by atoms with Crippen LogP contribution in [-0.2, 0) is 16.0 Å². The molecule has 0 spiro atoms. The van der Waals surface area contributed by atoms with E-state index in [-0.39, 0.29) is 17.9 Å². The van der Waals surface area contributed by atoms with E-state index in [0.717, 1.165) is 11.9 Å². The van der Waals surface area contributed by atoms with Gasteiger partial charge in [0.15, 0.2) is 11.5 Å². The molecule has 0 radical (unpaired) electrons. The topological polar surface area (TPSA) is 84.7 Å². The third-order valence-corrected chi connectivity index (χ3v) is 4.08. The van der Waals surface area contributed by atoms with Crippen LogP contribution in [0.2, 0.25) is 0 Å². The summed E-state index contributed by atoms with van der Waals surface area (Å²) in [6, 6.07) is 5.32. The molecular formula is C17H21N3O4. The molecule has 1 saturated heterocycles. The van der Waals surface area contributed by atoms with Crippen molar-refractivity contribution in [2.45, 2.75) is 25.8 Å². The Labute approximate surface area is 140 Å². The highest BCUT2D eigenvalue weighted by atomic mass is 16.5. The van der Waals surface area contributed by atoms with Crippen molar-refractivity contribution in [1.29, 1.82) is 0 Å². The van der Waals surface area contributed by atoms with Crippen LogP contribution in [0.1, 0.15) is 29.6 Å². The maximum Gasteiger partial charge on any atom is 0.254 e. The molecule has 1 aliphatic heterocycles. The van der Waals surface area contributed by atoms with Gasteiger partial charge in [0, 0.05) is 45.1 Å². The van der Waals surface area contributed by atoms with Gasteiger partial charge in [-0.1, -0.05) is 0 Å². The van der Waals surface area contributed by atoms with Crippen molar-refractivity contribution in [3.8, 4) is 0 Å². The highest BCUT2D eigenvalue weighted by Crippen LogP contribution is 2.20. The molecule has 7 heteroatoms. The molecule has 0 bridgehead atoms. The van der Waals surface area contributed by atoms with Crippen LogP contribution in [-0.4, -0.2) is 54.5 Å². The molecule has 7 nitrogen and oxygen atoms in total. The van der Waals surface area contributed by atoms with Gasteiger partial charge in [0.1, 0.15) is 5.52 Å². The molecule has 24 heavy (non-hydrogen) atoms. The van der Waals surface area contributed by atoms with Gasteiger partial charge in [-0.25, -0.2) is 4.98 Å². The molecule has 1 atom stereocenters. The first-order chi connectivity index (χ1) is 11.6. The number of fused-ring (bicyclic) bond motifs is 1. The third kappa shape index (κ3) is 3.56. The molecule has 1 N–H and O–H groups in total. The number of hydrogen-bond donors (Lipinski definition) is 1. The van der Waals surface area contributed by atoms with Gasteiger partial charge < -0.3 is 19.4 Å². The van der Waals surface area contributed by atoms with E-state index in [9.17, 15) is 9.59 Å². The number of likely N-dealkylation sites (tertiary alicyclic amines) is 1. The lowest BCUT2D eigenvalue weighted by atomic mass is 10.2. The molecule has 2 heterocycles. The second kappa shape index (κ2) is 7.00. The Balaban J connectivity index is 1.72. The number of benzene rings is 1. The van der Waals surface area contributed by atoms with E-state index in [2.05, 4.69) is 10.3 Å². The predicted molar refractivity (Wildman–Crippen MR) is 87.7 cm³/mol. The molecule has 2 aromatic rings. The summed E-state index contributed by atoms with van der Waals surface area (Å²) in [5.74, 6) is 0.476. The van der Waals surface area contributed by atoms with E-state index in [0.29, 0.717) is 43.2 Å². The lowest BCUT2D eigenvalue weighted by Gasteiger charge is -2.16. The predicted octanol–water partition coefficient (Wildman–Crippen LogP) is 1.37. The number of rotatable bonds is 5. The lowest BCUT2D eigenvalue weighted by molar-refractivity contribution is -0.119. The largest absolute Gasteiger partial charge is 0.441 e. The van der Waals surface area contributed by atoms with Crippen LogP contribution in [0.25, 0.3) is 11.1 Å². The molecule has 1 aliphatic rings. The Kier molecular flexibility index (Phi) is 4.80. The SMILES string of the molecule is COCCc1nc2ccc(C(=O)N3CC[C@H](NC(C)=O)C3)cc2o1. The number of ether oxygens (including phenoxy) is 1. The number of carbonyl (C=O) groups excluding carboxylic acids is 2. The highest BCUT2D eigenvalue weighted by molar-refractivity contribution is 5.97. The summed E-state index contributed by atoms with van der Waals surface area (Å²) in [7, 11) is 1.63. The molecular weight excluding hydrogens is 310 g/mol. The smallest absolute Gasteiger partial charge is 0.254 e. The Bertz CT molecular complexity index is 755. The standard InChI is InChI=1S/C17H21N3O4/c1-11(21)18-13-5-7-20(10-13)17(22)12-3-4-14-15(9-12)24-16(19-14)6-8-23-2/h3-4,9,13H,5-8,10H2,1-2H3,(H,18,21)/t13-/m0/s1. The van der Waals surface area contributed by atoms with Gasteiger partial charge in [-0.2, -0.15) is 0 Å². The van der Waals surface area contributed by atoms with Crippen molar-refractivity contribution in [3.63, 3.8) is 0 Å². The van der Waals surface area contributed by atoms with Gasteiger partial charge in [-0.05, 0) is 24.6 Å². The molecule has 0 aliphatic carbocycles. The summed E-state index contributed by atoms with van der Waals surface area (Å²) in [6.45, 7) is 3.20. The summed E-state index contributed by atoms with van der Waals surface area (Å²) in [5.41, 5.74) is 1.90. The molecule has 1 aromatic heterocycles. The zero-order valence-electron chi connectivity index (χ0n) is 13.9. The molecule has 0 saturated carbocycles. The summed E-state index contributed by atoms with van der Waals surface area (Å²) in [6.07, 6.45) is 1.37. The van der Waals surface area contributed by atoms with Crippen molar-refractivity contribution in [1.82, 2.24) is 15.2 Å². The van der Waals surface area contributed by atoms with Gasteiger partial charge in [0.25, 0.3) is 5.91 Å². The van der Waals surface area contributed by atoms with Gasteiger partial charge in [0.05, 0.1) is 6.61 Å². The minimum Gasteiger partial charge on any atom is -0.441 e. The van der Waals surface area contributed by atoms with Crippen LogP contribution < -0.4 is 5.32 Å². The Morgan fingerprint density at radius 2 is 2.29 bits per heavy atom. The fourth-order valence-electron chi connectivity index (χ4n) is 2.93. The second-order valence-electron chi connectivity index (χ2n) is 5.97. The molecule has 0 unspecified atom stereocenters. The maximum absolute atomic E-state index is 12.6. The van der Waals surface area contributed by atoms with E-state index in [1.807, 2.05) is 0 Å². The first-order valence-corrected chi connectivity index (χ1v) is 8.01. The van der Waals surface area contributed by atoms with E-state index in [4.69, 9.17) is 9.15 Å². The van der Waals surface area contributed by atoms with Crippen LogP contribution in [0.15, 0.2) is 22.6 Å². The summed E-state index contributed by atoms with van der Waals surface area (Å²) >= 11 is 0. The fraction of sp³-hybridized carbons (Fsp3) is 0.471. The number of methoxy groups -OCH3 is 1. The number of nitrogens with one attached hydrogen (secondary N) is 1. The zero-order valence-corrected chi connectivity index (χ0v) is 13.9. The zero-order chi connectivity index (χ0) is 17.1. The van der Waals surface area contributed by atoms with Gasteiger partial charge in [-0.15, -0.1) is 0 Å². The highest BCUT2D eigenvalue weighted by Gasteiger charge is 2.27. The number of nitrogens with zero attached hydrogens (tertiary/aromatic N) is 2. The Morgan fingerprint density at radius 1 is 1.46 bits per heavy atom. The van der Waals surface area contributed by atoms with Crippen molar-refractivity contribution in [2.75, 3.05) is 26.8 Å². The van der Waals surface area contributed by atoms with Crippen molar-refractivity contribution in [2.24, 2.45) is 0 Å². The normalized spacial score (nSPS) is 17.4. The number of amides is 2. The van der Waals surface area contributed by atoms with Crippen LogP contribution in [0.4, 0.5) is 0 Å². The first kappa shape index (κ1) is 16.4. The minimum atomic E-state index is -0.0685. The summed E-state index contributed by atoms with van der Waals surface area (Å²) in [5, 5.41) is 2.86. The van der Waals surface area contributed by atoms with Crippen molar-refractivity contribution >= 4 is 22.9 Å². The first-order valence-electron chi connectivity index (χ1n) is 8.01. The number of aromatic nitrogens is 1. The van der Waals surface area contributed by atoms with Gasteiger partial charge in [0.2, 0.25) is 5.91 Å². The number of hydrogen-bond acceptors (Lipinski definition) is 5. The fourth-order valence-corrected chi connectivity index (χ4v) is 2.93. The van der Waals surface area contributed by atoms with Crippen molar-refractivity contribution < 1.29 is 18.7 Å². The van der Waals surface area contributed by atoms with E-state index >= 15 is 0 Å². The van der Waals surface area contributed by atoms with Crippen LogP contribution in [0.5, 0.6) is 0 Å². The second-order valence-corrected chi connectivity index (χ2v) is 5.97.